The number of para-hydroxylation sites is 2. The van der Waals surface area contributed by atoms with Crippen LogP contribution in [0, 0.1) is 23.2 Å². The monoisotopic (exact) mass is 465 g/mol. The molecular formula is C24H27N5O3S. The molecule has 172 valence electrons. The third-order valence-corrected chi connectivity index (χ3v) is 8.03. The van der Waals surface area contributed by atoms with Crippen LogP contribution in [-0.4, -0.2) is 41.7 Å². The van der Waals surface area contributed by atoms with Gasteiger partial charge < -0.3 is 10.3 Å². The average molecular weight is 466 g/mol. The highest BCUT2D eigenvalue weighted by molar-refractivity contribution is 7.89. The van der Waals surface area contributed by atoms with Crippen molar-refractivity contribution in [1.82, 2.24) is 19.6 Å². The van der Waals surface area contributed by atoms with Crippen LogP contribution in [0.15, 0.2) is 53.4 Å². The summed E-state index contributed by atoms with van der Waals surface area (Å²) in [6, 6.07) is 15.4. The molecule has 33 heavy (non-hydrogen) atoms. The Balaban J connectivity index is 1.41. The van der Waals surface area contributed by atoms with Gasteiger partial charge in [-0.3, -0.25) is 4.79 Å². The van der Waals surface area contributed by atoms with E-state index in [0.717, 1.165) is 16.9 Å². The Morgan fingerprint density at radius 1 is 1.15 bits per heavy atom. The minimum Gasteiger partial charge on any atom is -0.346 e. The molecule has 4 rings (SSSR count). The molecule has 0 radical (unpaired) electrons. The van der Waals surface area contributed by atoms with Gasteiger partial charge in [-0.05, 0) is 55.2 Å². The van der Waals surface area contributed by atoms with Crippen molar-refractivity contribution in [3.05, 3.63) is 59.9 Å². The minimum atomic E-state index is -3.65. The topological polar surface area (TPSA) is 119 Å². The van der Waals surface area contributed by atoms with E-state index >= 15 is 0 Å². The summed E-state index contributed by atoms with van der Waals surface area (Å²) in [6.07, 6.45) is 0.901. The second-order valence-electron chi connectivity index (χ2n) is 8.68. The fourth-order valence-corrected chi connectivity index (χ4v) is 5.62. The molecule has 1 aliphatic heterocycles. The van der Waals surface area contributed by atoms with E-state index in [2.05, 4.69) is 15.3 Å². The van der Waals surface area contributed by atoms with Gasteiger partial charge in [-0.15, -0.1) is 0 Å². The first-order valence-corrected chi connectivity index (χ1v) is 12.5. The summed E-state index contributed by atoms with van der Waals surface area (Å²) in [4.78, 5) is 21.2. The van der Waals surface area contributed by atoms with Gasteiger partial charge in [0.05, 0.1) is 33.6 Å². The Morgan fingerprint density at radius 2 is 1.82 bits per heavy atom. The molecule has 1 fully saturated rings. The molecule has 9 heteroatoms. The normalized spacial score (nSPS) is 16.5. The van der Waals surface area contributed by atoms with Crippen molar-refractivity contribution in [2.24, 2.45) is 11.8 Å². The number of aromatic nitrogens is 2. The van der Waals surface area contributed by atoms with E-state index < -0.39 is 10.0 Å². The first kappa shape index (κ1) is 23.0. The molecule has 3 aromatic rings. The molecule has 1 aromatic heterocycles. The molecule has 1 amide bonds. The number of H-pyrrole nitrogens is 1. The van der Waals surface area contributed by atoms with Crippen molar-refractivity contribution >= 4 is 27.0 Å². The predicted molar refractivity (Wildman–Crippen MR) is 124 cm³/mol. The molecule has 0 spiro atoms. The van der Waals surface area contributed by atoms with Gasteiger partial charge in [-0.1, -0.05) is 26.0 Å². The first-order chi connectivity index (χ1) is 15.8. The molecule has 0 unspecified atom stereocenters. The number of hydrogen-bond acceptors (Lipinski definition) is 5. The van der Waals surface area contributed by atoms with Crippen LogP contribution >= 0.6 is 0 Å². The van der Waals surface area contributed by atoms with Crippen molar-refractivity contribution in [3.63, 3.8) is 0 Å². The van der Waals surface area contributed by atoms with Gasteiger partial charge in [-0.25, -0.2) is 13.4 Å². The lowest BCUT2D eigenvalue weighted by atomic mass is 9.95. The second kappa shape index (κ2) is 9.33. The maximum absolute atomic E-state index is 13.0. The first-order valence-electron chi connectivity index (χ1n) is 11.0. The number of benzene rings is 2. The maximum atomic E-state index is 13.0. The predicted octanol–water partition coefficient (Wildman–Crippen LogP) is 3.35. The quantitative estimate of drug-likeness (QED) is 0.579. The summed E-state index contributed by atoms with van der Waals surface area (Å²) < 4.78 is 27.3. The van der Waals surface area contributed by atoms with Crippen LogP contribution in [0.5, 0.6) is 0 Å². The van der Waals surface area contributed by atoms with Crippen molar-refractivity contribution in [2.75, 3.05) is 13.1 Å². The number of fused-ring (bicyclic) bond motifs is 1. The van der Waals surface area contributed by atoms with Crippen LogP contribution in [0.3, 0.4) is 0 Å². The van der Waals surface area contributed by atoms with Crippen LogP contribution in [-0.2, 0) is 14.8 Å². The zero-order chi connectivity index (χ0) is 23.6. The van der Waals surface area contributed by atoms with Crippen molar-refractivity contribution in [3.8, 4) is 6.07 Å². The lowest BCUT2D eigenvalue weighted by Gasteiger charge is -2.31. The Hall–Kier alpha value is -3.22. The van der Waals surface area contributed by atoms with Crippen LogP contribution < -0.4 is 5.32 Å². The number of carbonyl (C=O) groups excluding carboxylic acids is 1. The number of sulfonamides is 1. The van der Waals surface area contributed by atoms with Crippen LogP contribution in [0.1, 0.15) is 44.1 Å². The Morgan fingerprint density at radius 3 is 2.42 bits per heavy atom. The third-order valence-electron chi connectivity index (χ3n) is 6.11. The van der Waals surface area contributed by atoms with E-state index in [9.17, 15) is 13.2 Å². The zero-order valence-corrected chi connectivity index (χ0v) is 19.5. The zero-order valence-electron chi connectivity index (χ0n) is 18.7. The van der Waals surface area contributed by atoms with E-state index in [4.69, 9.17) is 5.26 Å². The fraction of sp³-hybridized carbons (Fsp3) is 0.375. The number of nitrogens with zero attached hydrogens (tertiary/aromatic N) is 3. The van der Waals surface area contributed by atoms with Crippen molar-refractivity contribution in [1.29, 1.82) is 5.26 Å². The standard InChI is InChI=1S/C24H27N5O3S/c1-16(2)22(23-26-20-5-3-4-6-21(20)27-23)28-24(30)18-11-13-29(14-12-18)33(31,32)19-9-7-17(15-25)8-10-19/h3-10,16,18,22H,11-14H2,1-2H3,(H,26,27)(H,28,30)/t22-/m0/s1. The summed E-state index contributed by atoms with van der Waals surface area (Å²) in [5.41, 5.74) is 2.19. The molecular weight excluding hydrogens is 438 g/mol. The SMILES string of the molecule is CC(C)[C@H](NC(=O)C1CCN(S(=O)(=O)c2ccc(C#N)cc2)CC1)c1nc2ccccc2[nH]1. The van der Waals surface area contributed by atoms with Gasteiger partial charge in [0.15, 0.2) is 0 Å². The maximum Gasteiger partial charge on any atom is 0.243 e. The molecule has 0 saturated carbocycles. The number of aromatic amines is 1. The molecule has 0 bridgehead atoms. The van der Waals surface area contributed by atoms with Crippen LogP contribution in [0.25, 0.3) is 11.0 Å². The summed E-state index contributed by atoms with van der Waals surface area (Å²) in [5.74, 6) is 0.513. The molecule has 0 aliphatic carbocycles. The number of imidazole rings is 1. The van der Waals surface area contributed by atoms with E-state index in [1.54, 1.807) is 0 Å². The Labute approximate surface area is 193 Å². The Kier molecular flexibility index (Phi) is 6.49. The Bertz CT molecular complexity index is 1250. The van der Waals surface area contributed by atoms with Crippen LogP contribution in [0.4, 0.5) is 0 Å². The van der Waals surface area contributed by atoms with Crippen molar-refractivity contribution < 1.29 is 13.2 Å². The van der Waals surface area contributed by atoms with E-state index in [-0.39, 0.29) is 41.8 Å². The number of hydrogen-bond donors (Lipinski definition) is 2. The van der Waals surface area contributed by atoms with E-state index in [1.165, 1.54) is 28.6 Å². The van der Waals surface area contributed by atoms with Gasteiger partial charge in [0.2, 0.25) is 15.9 Å². The lowest BCUT2D eigenvalue weighted by Crippen LogP contribution is -2.44. The average Bonchev–Trinajstić information content (AvgIpc) is 3.26. The molecule has 2 N–H and O–H groups in total. The van der Waals surface area contributed by atoms with Gasteiger partial charge in [0, 0.05) is 19.0 Å². The molecule has 1 atom stereocenters. The lowest BCUT2D eigenvalue weighted by molar-refractivity contribution is -0.127. The van der Waals surface area contributed by atoms with Gasteiger partial charge in [-0.2, -0.15) is 9.57 Å². The van der Waals surface area contributed by atoms with E-state index in [0.29, 0.717) is 18.4 Å². The summed E-state index contributed by atoms with van der Waals surface area (Å²) in [6.45, 7) is 4.62. The smallest absolute Gasteiger partial charge is 0.243 e. The fourth-order valence-electron chi connectivity index (χ4n) is 4.15. The molecule has 2 aromatic carbocycles. The molecule has 1 saturated heterocycles. The number of piperidine rings is 1. The number of rotatable bonds is 6. The number of amides is 1. The molecule has 1 aliphatic rings. The highest BCUT2D eigenvalue weighted by atomic mass is 32.2. The summed E-state index contributed by atoms with van der Waals surface area (Å²) >= 11 is 0. The minimum absolute atomic E-state index is 0.0791. The summed E-state index contributed by atoms with van der Waals surface area (Å²) in [7, 11) is -3.65. The van der Waals surface area contributed by atoms with Gasteiger partial charge >= 0.3 is 0 Å². The highest BCUT2D eigenvalue weighted by Crippen LogP contribution is 2.27. The molecule has 8 nitrogen and oxygen atoms in total. The summed E-state index contributed by atoms with van der Waals surface area (Å²) in [5, 5.41) is 12.0. The van der Waals surface area contributed by atoms with Gasteiger partial charge in [0.1, 0.15) is 5.82 Å². The number of carbonyl (C=O) groups is 1. The number of nitrogens with one attached hydrogen (secondary N) is 2. The van der Waals surface area contributed by atoms with Crippen LogP contribution in [0.2, 0.25) is 0 Å². The van der Waals surface area contributed by atoms with E-state index in [1.807, 2.05) is 44.2 Å². The second-order valence-corrected chi connectivity index (χ2v) is 10.6. The number of nitriles is 1. The molecule has 2 heterocycles. The third kappa shape index (κ3) is 4.77. The highest BCUT2D eigenvalue weighted by Gasteiger charge is 2.33. The van der Waals surface area contributed by atoms with Crippen molar-refractivity contribution in [2.45, 2.75) is 37.6 Å². The van der Waals surface area contributed by atoms with Gasteiger partial charge in [0.25, 0.3) is 0 Å². The largest absolute Gasteiger partial charge is 0.346 e.